The second-order valence-corrected chi connectivity index (χ2v) is 7.92. The maximum atomic E-state index is 12.6. The van der Waals surface area contributed by atoms with Crippen LogP contribution in [0.3, 0.4) is 0 Å². The zero-order chi connectivity index (χ0) is 19.7. The first kappa shape index (κ1) is 19.1. The number of allylic oxidation sites excluding steroid dienone is 1. The van der Waals surface area contributed by atoms with E-state index in [0.29, 0.717) is 33.7 Å². The Morgan fingerprint density at radius 1 is 1.00 bits per heavy atom. The first-order chi connectivity index (χ1) is 13.5. The predicted molar refractivity (Wildman–Crippen MR) is 114 cm³/mol. The van der Waals surface area contributed by atoms with E-state index >= 15 is 0 Å². The first-order valence-corrected chi connectivity index (χ1v) is 9.95. The van der Waals surface area contributed by atoms with Crippen molar-refractivity contribution in [2.45, 2.75) is 6.61 Å². The van der Waals surface area contributed by atoms with Crippen molar-refractivity contribution < 1.29 is 14.3 Å². The van der Waals surface area contributed by atoms with Gasteiger partial charge in [0, 0.05) is 10.5 Å². The number of benzene rings is 3. The van der Waals surface area contributed by atoms with Crippen LogP contribution >= 0.6 is 39.1 Å². The van der Waals surface area contributed by atoms with Gasteiger partial charge in [-0.2, -0.15) is 0 Å². The monoisotopic (exact) mass is 474 g/mol. The largest absolute Gasteiger partial charge is 0.489 e. The number of ketones is 1. The molecular formula is C22H13BrCl2O3. The quantitative estimate of drug-likeness (QED) is 0.383. The molecule has 28 heavy (non-hydrogen) atoms. The average molecular weight is 476 g/mol. The molecule has 1 aliphatic heterocycles. The third kappa shape index (κ3) is 4.09. The van der Waals surface area contributed by atoms with Gasteiger partial charge < -0.3 is 9.47 Å². The summed E-state index contributed by atoms with van der Waals surface area (Å²) in [4.78, 5) is 12.6. The Kier molecular flexibility index (Phi) is 5.44. The lowest BCUT2D eigenvalue weighted by molar-refractivity contribution is 0.101. The van der Waals surface area contributed by atoms with Crippen molar-refractivity contribution in [1.29, 1.82) is 0 Å². The van der Waals surface area contributed by atoms with E-state index in [1.54, 1.807) is 36.4 Å². The van der Waals surface area contributed by atoms with Crippen LogP contribution in [0.1, 0.15) is 21.5 Å². The van der Waals surface area contributed by atoms with Gasteiger partial charge in [-0.15, -0.1) is 0 Å². The molecule has 3 nitrogen and oxygen atoms in total. The number of carbonyl (C=O) groups excluding carboxylic acids is 1. The molecule has 140 valence electrons. The Balaban J connectivity index is 1.51. The molecule has 0 N–H and O–H groups in total. The topological polar surface area (TPSA) is 35.5 Å². The van der Waals surface area contributed by atoms with Crippen LogP contribution in [0.15, 0.2) is 70.9 Å². The molecule has 0 aliphatic carbocycles. The summed E-state index contributed by atoms with van der Waals surface area (Å²) in [6, 6.07) is 18.2. The van der Waals surface area contributed by atoms with Gasteiger partial charge in [0.15, 0.2) is 5.76 Å². The lowest BCUT2D eigenvalue weighted by Gasteiger charge is -2.08. The number of rotatable bonds is 4. The zero-order valence-electron chi connectivity index (χ0n) is 14.4. The number of hydrogen-bond acceptors (Lipinski definition) is 3. The van der Waals surface area contributed by atoms with Gasteiger partial charge in [0.05, 0.1) is 15.6 Å². The Labute approximate surface area is 180 Å². The van der Waals surface area contributed by atoms with Crippen molar-refractivity contribution >= 4 is 51.0 Å². The summed E-state index contributed by atoms with van der Waals surface area (Å²) in [5.41, 5.74) is 2.28. The highest BCUT2D eigenvalue weighted by Gasteiger charge is 2.27. The van der Waals surface area contributed by atoms with Gasteiger partial charge in [0.25, 0.3) is 0 Å². The minimum absolute atomic E-state index is 0.147. The van der Waals surface area contributed by atoms with E-state index in [0.717, 1.165) is 15.6 Å². The lowest BCUT2D eigenvalue weighted by atomic mass is 10.1. The number of hydrogen-bond donors (Lipinski definition) is 0. The summed E-state index contributed by atoms with van der Waals surface area (Å²) < 4.78 is 12.5. The molecule has 0 spiro atoms. The average Bonchev–Trinajstić information content (AvgIpc) is 2.98. The molecule has 0 bridgehead atoms. The molecule has 0 fully saturated rings. The molecule has 4 rings (SSSR count). The minimum Gasteiger partial charge on any atom is -0.489 e. The molecule has 0 unspecified atom stereocenters. The number of Topliss-reactive ketones (excluding diaryl/α,β-unsaturated/α-hetero) is 1. The standard InChI is InChI=1S/C22H13BrCl2O3/c23-15-3-1-2-13(8-15)10-21-22(26)17-6-5-16(11-20(17)28-21)27-12-14-4-7-18(24)19(25)9-14/h1-11H,12H2. The molecule has 1 heterocycles. The van der Waals surface area contributed by atoms with Crippen LogP contribution in [0.2, 0.25) is 10.0 Å². The second kappa shape index (κ2) is 8.00. The third-order valence-electron chi connectivity index (χ3n) is 4.18. The summed E-state index contributed by atoms with van der Waals surface area (Å²) in [7, 11) is 0. The molecule has 3 aromatic carbocycles. The summed E-state index contributed by atoms with van der Waals surface area (Å²) in [5, 5.41) is 0.979. The normalized spacial score (nSPS) is 14.1. The van der Waals surface area contributed by atoms with Crippen LogP contribution in [0, 0.1) is 0 Å². The smallest absolute Gasteiger partial charge is 0.231 e. The van der Waals surface area contributed by atoms with Crippen LogP contribution in [0.4, 0.5) is 0 Å². The number of halogens is 3. The summed E-state index contributed by atoms with van der Waals surface area (Å²) >= 11 is 15.4. The molecule has 0 saturated carbocycles. The van der Waals surface area contributed by atoms with Crippen molar-refractivity contribution in [2.75, 3.05) is 0 Å². The molecule has 0 radical (unpaired) electrons. The highest BCUT2D eigenvalue weighted by Crippen LogP contribution is 2.35. The van der Waals surface area contributed by atoms with Gasteiger partial charge >= 0.3 is 0 Å². The van der Waals surface area contributed by atoms with E-state index in [2.05, 4.69) is 15.9 Å². The van der Waals surface area contributed by atoms with Gasteiger partial charge in [-0.3, -0.25) is 4.79 Å². The molecule has 1 aliphatic rings. The third-order valence-corrected chi connectivity index (χ3v) is 5.41. The molecule has 0 atom stereocenters. The molecule has 0 saturated heterocycles. The molecule has 6 heteroatoms. The Morgan fingerprint density at radius 2 is 1.86 bits per heavy atom. The predicted octanol–water partition coefficient (Wildman–Crippen LogP) is 6.95. The fraction of sp³-hybridized carbons (Fsp3) is 0.0455. The number of fused-ring (bicyclic) bond motifs is 1. The van der Waals surface area contributed by atoms with Crippen molar-refractivity contribution in [3.8, 4) is 11.5 Å². The molecule has 3 aromatic rings. The Morgan fingerprint density at radius 3 is 2.64 bits per heavy atom. The zero-order valence-corrected chi connectivity index (χ0v) is 17.5. The van der Waals surface area contributed by atoms with Gasteiger partial charge in [-0.05, 0) is 53.6 Å². The molecule has 0 amide bonds. The fourth-order valence-electron chi connectivity index (χ4n) is 2.80. The lowest BCUT2D eigenvalue weighted by Crippen LogP contribution is -1.98. The first-order valence-electron chi connectivity index (χ1n) is 8.40. The Hall–Kier alpha value is -2.27. The van der Waals surface area contributed by atoms with Crippen LogP contribution in [0.25, 0.3) is 6.08 Å². The SMILES string of the molecule is O=C1C(=Cc2cccc(Br)c2)Oc2cc(OCc3ccc(Cl)c(Cl)c3)ccc21. The maximum Gasteiger partial charge on any atom is 0.231 e. The van der Waals surface area contributed by atoms with Gasteiger partial charge in [-0.25, -0.2) is 0 Å². The van der Waals surface area contributed by atoms with Crippen LogP contribution in [-0.4, -0.2) is 5.78 Å². The van der Waals surface area contributed by atoms with E-state index in [-0.39, 0.29) is 11.5 Å². The molecular weight excluding hydrogens is 463 g/mol. The van der Waals surface area contributed by atoms with E-state index in [9.17, 15) is 4.79 Å². The van der Waals surface area contributed by atoms with E-state index in [4.69, 9.17) is 32.7 Å². The molecule has 0 aromatic heterocycles. The van der Waals surface area contributed by atoms with Crippen molar-refractivity contribution in [3.05, 3.63) is 97.6 Å². The second-order valence-electron chi connectivity index (χ2n) is 6.19. The summed E-state index contributed by atoms with van der Waals surface area (Å²) in [6.07, 6.45) is 1.73. The summed E-state index contributed by atoms with van der Waals surface area (Å²) in [5.74, 6) is 1.22. The van der Waals surface area contributed by atoms with E-state index in [1.807, 2.05) is 30.3 Å². The van der Waals surface area contributed by atoms with E-state index < -0.39 is 0 Å². The van der Waals surface area contributed by atoms with Gasteiger partial charge in [0.2, 0.25) is 5.78 Å². The van der Waals surface area contributed by atoms with Crippen LogP contribution in [0.5, 0.6) is 11.5 Å². The van der Waals surface area contributed by atoms with Gasteiger partial charge in [-0.1, -0.05) is 57.3 Å². The van der Waals surface area contributed by atoms with Crippen molar-refractivity contribution in [2.24, 2.45) is 0 Å². The highest BCUT2D eigenvalue weighted by atomic mass is 79.9. The van der Waals surface area contributed by atoms with E-state index in [1.165, 1.54) is 0 Å². The van der Waals surface area contributed by atoms with Gasteiger partial charge in [0.1, 0.15) is 18.1 Å². The minimum atomic E-state index is -0.147. The van der Waals surface area contributed by atoms with Crippen molar-refractivity contribution in [3.63, 3.8) is 0 Å². The Bertz CT molecular complexity index is 1110. The number of carbonyl (C=O) groups is 1. The number of ether oxygens (including phenoxy) is 2. The van der Waals surface area contributed by atoms with Crippen LogP contribution < -0.4 is 9.47 Å². The maximum absolute atomic E-state index is 12.6. The summed E-state index contributed by atoms with van der Waals surface area (Å²) in [6.45, 7) is 0.324. The highest BCUT2D eigenvalue weighted by molar-refractivity contribution is 9.10. The fourth-order valence-corrected chi connectivity index (χ4v) is 3.54. The van der Waals surface area contributed by atoms with Crippen LogP contribution in [-0.2, 0) is 6.61 Å². The van der Waals surface area contributed by atoms with Crippen molar-refractivity contribution in [1.82, 2.24) is 0 Å².